The molecule has 0 aliphatic carbocycles. The van der Waals surface area contributed by atoms with Gasteiger partial charge in [-0.25, -0.2) is 0 Å². The Morgan fingerprint density at radius 1 is 1.00 bits per heavy atom. The van der Waals surface area contributed by atoms with Crippen LogP contribution in [0.1, 0.15) is 29.2 Å². The third-order valence-electron chi connectivity index (χ3n) is 5.04. The molecule has 34 heavy (non-hydrogen) atoms. The van der Waals surface area contributed by atoms with E-state index in [1.165, 1.54) is 6.08 Å². The van der Waals surface area contributed by atoms with E-state index in [-0.39, 0.29) is 12.2 Å². The van der Waals surface area contributed by atoms with Gasteiger partial charge in [-0.05, 0) is 73.4 Å². The smallest absolute Gasteiger partial charge is 0.266 e. The van der Waals surface area contributed by atoms with Gasteiger partial charge in [-0.1, -0.05) is 53.5 Å². The molecule has 174 valence electrons. The van der Waals surface area contributed by atoms with Crippen molar-refractivity contribution in [3.8, 4) is 17.6 Å². The number of carbonyl (C=O) groups excluding carboxylic acids is 1. The summed E-state index contributed by atoms with van der Waals surface area (Å²) in [5.74, 6) is 0.560. The van der Waals surface area contributed by atoms with Crippen LogP contribution in [-0.4, -0.2) is 12.5 Å². The molecule has 0 spiro atoms. The summed E-state index contributed by atoms with van der Waals surface area (Å²) in [5, 5.41) is 13.4. The van der Waals surface area contributed by atoms with Crippen LogP contribution >= 0.6 is 23.2 Å². The van der Waals surface area contributed by atoms with Crippen molar-refractivity contribution in [3.63, 3.8) is 0 Å². The Kier molecular flexibility index (Phi) is 8.59. The van der Waals surface area contributed by atoms with Crippen molar-refractivity contribution in [2.75, 3.05) is 11.9 Å². The molecule has 5 nitrogen and oxygen atoms in total. The van der Waals surface area contributed by atoms with Gasteiger partial charge in [0.2, 0.25) is 0 Å². The van der Waals surface area contributed by atoms with Gasteiger partial charge in [-0.15, -0.1) is 0 Å². The van der Waals surface area contributed by atoms with Gasteiger partial charge in [0.15, 0.2) is 11.5 Å². The third-order valence-corrected chi connectivity index (χ3v) is 5.78. The maximum Gasteiger partial charge on any atom is 0.266 e. The second-order valence-electron chi connectivity index (χ2n) is 7.57. The number of rotatable bonds is 8. The average molecular weight is 495 g/mol. The molecule has 0 saturated carbocycles. The summed E-state index contributed by atoms with van der Waals surface area (Å²) >= 11 is 12.0. The number of carbonyl (C=O) groups is 1. The molecule has 1 amide bonds. The summed E-state index contributed by atoms with van der Waals surface area (Å²) in [4.78, 5) is 12.8. The number of para-hydroxylation sites is 1. The van der Waals surface area contributed by atoms with Crippen LogP contribution in [0.2, 0.25) is 10.0 Å². The van der Waals surface area contributed by atoms with Crippen molar-refractivity contribution in [2.45, 2.75) is 27.4 Å². The van der Waals surface area contributed by atoms with Crippen LogP contribution in [0.25, 0.3) is 6.08 Å². The van der Waals surface area contributed by atoms with Crippen LogP contribution in [0, 0.1) is 25.2 Å². The quantitative estimate of drug-likeness (QED) is 0.267. The molecule has 3 rings (SSSR count). The lowest BCUT2D eigenvalue weighted by Crippen LogP contribution is -2.15. The number of nitriles is 1. The fraction of sp³-hybridized carbons (Fsp3) is 0.185. The molecule has 0 atom stereocenters. The van der Waals surface area contributed by atoms with Crippen molar-refractivity contribution in [3.05, 3.63) is 92.5 Å². The van der Waals surface area contributed by atoms with E-state index >= 15 is 0 Å². The molecular formula is C27H24Cl2N2O3. The molecule has 3 aromatic rings. The summed E-state index contributed by atoms with van der Waals surface area (Å²) in [5.41, 5.74) is 4.03. The van der Waals surface area contributed by atoms with Gasteiger partial charge >= 0.3 is 0 Å². The molecule has 0 radical (unpaired) electrons. The topological polar surface area (TPSA) is 71.3 Å². The summed E-state index contributed by atoms with van der Waals surface area (Å²) in [6.45, 7) is 6.37. The highest BCUT2D eigenvalue weighted by Gasteiger charge is 2.14. The van der Waals surface area contributed by atoms with Gasteiger partial charge in [-0.3, -0.25) is 4.79 Å². The van der Waals surface area contributed by atoms with E-state index < -0.39 is 5.91 Å². The highest BCUT2D eigenvalue weighted by Crippen LogP contribution is 2.31. The SMILES string of the molecule is CCOc1cc(/C=C(/C#N)C(=O)Nc2c(C)cccc2C)ccc1OCc1ccc(Cl)c(Cl)c1. The molecule has 0 saturated heterocycles. The molecular weight excluding hydrogens is 471 g/mol. The first kappa shape index (κ1) is 25.2. The number of ether oxygens (including phenoxy) is 2. The van der Waals surface area contributed by atoms with Crippen LogP contribution in [-0.2, 0) is 11.4 Å². The number of halogens is 2. The number of amides is 1. The zero-order valence-corrected chi connectivity index (χ0v) is 20.6. The number of aryl methyl sites for hydroxylation is 2. The second kappa shape index (κ2) is 11.6. The minimum absolute atomic E-state index is 0.0189. The van der Waals surface area contributed by atoms with E-state index in [0.29, 0.717) is 39.4 Å². The molecule has 3 aromatic carbocycles. The molecule has 0 aliphatic rings. The Balaban J connectivity index is 1.81. The molecule has 0 unspecified atom stereocenters. The zero-order valence-electron chi connectivity index (χ0n) is 19.1. The van der Waals surface area contributed by atoms with Crippen molar-refractivity contribution in [1.29, 1.82) is 5.26 Å². The fourth-order valence-corrected chi connectivity index (χ4v) is 3.62. The van der Waals surface area contributed by atoms with Crippen molar-refractivity contribution in [1.82, 2.24) is 0 Å². The lowest BCUT2D eigenvalue weighted by atomic mass is 10.1. The Morgan fingerprint density at radius 3 is 2.38 bits per heavy atom. The van der Waals surface area contributed by atoms with Gasteiger partial charge in [0.1, 0.15) is 18.2 Å². The first-order valence-corrected chi connectivity index (χ1v) is 11.4. The third kappa shape index (κ3) is 6.32. The minimum Gasteiger partial charge on any atom is -0.490 e. The van der Waals surface area contributed by atoms with Gasteiger partial charge in [0, 0.05) is 5.69 Å². The van der Waals surface area contributed by atoms with Crippen LogP contribution in [0.15, 0.2) is 60.2 Å². The number of nitrogens with zero attached hydrogens (tertiary/aromatic N) is 1. The molecule has 0 heterocycles. The maximum absolute atomic E-state index is 12.8. The number of benzene rings is 3. The largest absolute Gasteiger partial charge is 0.490 e. The van der Waals surface area contributed by atoms with Crippen molar-refractivity contribution < 1.29 is 14.3 Å². The first-order chi connectivity index (χ1) is 16.3. The Hall–Kier alpha value is -3.46. The van der Waals surface area contributed by atoms with E-state index in [1.807, 2.05) is 51.1 Å². The zero-order chi connectivity index (χ0) is 24.7. The normalized spacial score (nSPS) is 11.0. The minimum atomic E-state index is -0.474. The van der Waals surface area contributed by atoms with Crippen molar-refractivity contribution >= 4 is 40.9 Å². The van der Waals surface area contributed by atoms with E-state index in [1.54, 1.807) is 30.3 Å². The molecule has 0 aromatic heterocycles. The lowest BCUT2D eigenvalue weighted by Gasteiger charge is -2.13. The number of anilines is 1. The van der Waals surface area contributed by atoms with E-state index in [2.05, 4.69) is 5.32 Å². The van der Waals surface area contributed by atoms with Crippen LogP contribution < -0.4 is 14.8 Å². The molecule has 1 N–H and O–H groups in total. The lowest BCUT2D eigenvalue weighted by molar-refractivity contribution is -0.112. The maximum atomic E-state index is 12.8. The summed E-state index contributed by atoms with van der Waals surface area (Å²) in [7, 11) is 0. The van der Waals surface area contributed by atoms with E-state index in [9.17, 15) is 10.1 Å². The van der Waals surface area contributed by atoms with Gasteiger partial charge in [0.25, 0.3) is 5.91 Å². The second-order valence-corrected chi connectivity index (χ2v) is 8.38. The van der Waals surface area contributed by atoms with Gasteiger partial charge in [0.05, 0.1) is 16.7 Å². The molecule has 7 heteroatoms. The first-order valence-electron chi connectivity index (χ1n) is 10.6. The van der Waals surface area contributed by atoms with E-state index in [4.69, 9.17) is 32.7 Å². The number of hydrogen-bond donors (Lipinski definition) is 1. The van der Waals surface area contributed by atoms with Crippen LogP contribution in [0.5, 0.6) is 11.5 Å². The summed E-state index contributed by atoms with van der Waals surface area (Å²) in [6, 6.07) is 18.2. The summed E-state index contributed by atoms with van der Waals surface area (Å²) < 4.78 is 11.6. The highest BCUT2D eigenvalue weighted by molar-refractivity contribution is 6.42. The van der Waals surface area contributed by atoms with Gasteiger partial charge in [-0.2, -0.15) is 5.26 Å². The number of nitrogens with one attached hydrogen (secondary N) is 1. The van der Waals surface area contributed by atoms with Gasteiger partial charge < -0.3 is 14.8 Å². The predicted octanol–water partition coefficient (Wildman–Crippen LogP) is 7.13. The molecule has 0 bridgehead atoms. The highest BCUT2D eigenvalue weighted by atomic mass is 35.5. The number of hydrogen-bond acceptors (Lipinski definition) is 4. The average Bonchev–Trinajstić information content (AvgIpc) is 2.81. The fourth-order valence-electron chi connectivity index (χ4n) is 3.30. The molecule has 0 aliphatic heterocycles. The van der Waals surface area contributed by atoms with E-state index in [0.717, 1.165) is 16.7 Å². The standard InChI is InChI=1S/C27H24Cl2N2O3/c1-4-33-25-14-19(9-11-24(25)34-16-20-8-10-22(28)23(29)13-20)12-21(15-30)27(32)31-26-17(2)6-5-7-18(26)3/h5-14H,4,16H2,1-3H3,(H,31,32)/b21-12-. The monoisotopic (exact) mass is 494 g/mol. The van der Waals surface area contributed by atoms with Crippen LogP contribution in [0.3, 0.4) is 0 Å². The van der Waals surface area contributed by atoms with Crippen molar-refractivity contribution in [2.24, 2.45) is 0 Å². The molecule has 0 fully saturated rings. The Bertz CT molecular complexity index is 1260. The Labute approximate surface area is 209 Å². The summed E-state index contributed by atoms with van der Waals surface area (Å²) in [6.07, 6.45) is 1.52. The Morgan fingerprint density at radius 2 is 1.74 bits per heavy atom. The van der Waals surface area contributed by atoms with Crippen LogP contribution in [0.4, 0.5) is 5.69 Å². The predicted molar refractivity (Wildman–Crippen MR) is 137 cm³/mol.